The van der Waals surface area contributed by atoms with Crippen molar-refractivity contribution in [2.24, 2.45) is 0 Å². The smallest absolute Gasteiger partial charge is 0.0619 e. The van der Waals surface area contributed by atoms with E-state index in [0.717, 1.165) is 0 Å². The summed E-state index contributed by atoms with van der Waals surface area (Å²) in [5.74, 6) is 1.04. The topological polar surface area (TPSA) is 0 Å². The molecule has 0 saturated carbocycles. The van der Waals surface area contributed by atoms with Gasteiger partial charge in [-0.1, -0.05) is 149 Å². The van der Waals surface area contributed by atoms with Crippen molar-refractivity contribution in [3.8, 4) is 44.5 Å². The molecule has 0 bridgehead atoms. The summed E-state index contributed by atoms with van der Waals surface area (Å²) in [6.45, 7) is 9.03. The zero-order valence-corrected chi connectivity index (χ0v) is 25.4. The van der Waals surface area contributed by atoms with Gasteiger partial charge in [0, 0.05) is 0 Å². The Labute approximate surface area is 255 Å². The molecule has 0 nitrogen and oxygen atoms in total. The van der Waals surface area contributed by atoms with Crippen LogP contribution in [0, 0.1) is 0 Å². The Kier molecular flexibility index (Phi) is 5.85. The molecule has 0 N–H and O–H groups in total. The molecule has 0 radical (unpaired) electrons. The van der Waals surface area contributed by atoms with Crippen LogP contribution in [0.3, 0.4) is 0 Å². The molecular formula is C43H36. The molecule has 0 heterocycles. The summed E-state index contributed by atoms with van der Waals surface area (Å²) in [7, 11) is 0. The van der Waals surface area contributed by atoms with Crippen molar-refractivity contribution in [1.82, 2.24) is 0 Å². The van der Waals surface area contributed by atoms with Gasteiger partial charge in [-0.15, -0.1) is 0 Å². The van der Waals surface area contributed by atoms with Gasteiger partial charge < -0.3 is 0 Å². The lowest BCUT2D eigenvalue weighted by molar-refractivity contribution is 0.794. The molecule has 0 atom stereocenters. The maximum absolute atomic E-state index is 2.48. The van der Waals surface area contributed by atoms with Gasteiger partial charge in [-0.05, 0) is 102 Å². The predicted molar refractivity (Wildman–Crippen MR) is 182 cm³/mol. The van der Waals surface area contributed by atoms with Crippen LogP contribution in [0.5, 0.6) is 0 Å². The Balaban J connectivity index is 1.39. The van der Waals surface area contributed by atoms with E-state index >= 15 is 0 Å². The van der Waals surface area contributed by atoms with Gasteiger partial charge in [-0.25, -0.2) is 0 Å². The van der Waals surface area contributed by atoms with Gasteiger partial charge >= 0.3 is 0 Å². The third-order valence-electron chi connectivity index (χ3n) is 9.91. The highest BCUT2D eigenvalue weighted by Gasteiger charge is 2.51. The van der Waals surface area contributed by atoms with Gasteiger partial charge in [0.05, 0.1) is 5.41 Å². The minimum atomic E-state index is -0.361. The molecule has 6 aromatic rings. The van der Waals surface area contributed by atoms with Gasteiger partial charge in [-0.3, -0.25) is 0 Å². The highest BCUT2D eigenvalue weighted by atomic mass is 14.5. The fraction of sp³-hybridized carbons (Fsp3) is 0.163. The number of rotatable bonds is 4. The molecule has 43 heavy (non-hydrogen) atoms. The molecule has 1 spiro atoms. The van der Waals surface area contributed by atoms with Gasteiger partial charge in [0.2, 0.25) is 0 Å². The summed E-state index contributed by atoms with van der Waals surface area (Å²) in [4.78, 5) is 0. The third kappa shape index (κ3) is 3.76. The van der Waals surface area contributed by atoms with Crippen molar-refractivity contribution >= 4 is 0 Å². The van der Waals surface area contributed by atoms with E-state index in [0.29, 0.717) is 11.8 Å². The van der Waals surface area contributed by atoms with E-state index in [1.54, 1.807) is 0 Å². The van der Waals surface area contributed by atoms with Crippen LogP contribution in [0.15, 0.2) is 133 Å². The Morgan fingerprint density at radius 3 is 1.09 bits per heavy atom. The Bertz CT molecular complexity index is 1850. The van der Waals surface area contributed by atoms with Crippen LogP contribution >= 0.6 is 0 Å². The molecule has 208 valence electrons. The van der Waals surface area contributed by atoms with Crippen molar-refractivity contribution in [1.29, 1.82) is 0 Å². The maximum Gasteiger partial charge on any atom is 0.0725 e. The molecule has 8 rings (SSSR count). The van der Waals surface area contributed by atoms with Crippen LogP contribution in [0.1, 0.15) is 72.9 Å². The summed E-state index contributed by atoms with van der Waals surface area (Å²) < 4.78 is 0. The molecular weight excluding hydrogens is 516 g/mol. The number of fused-ring (bicyclic) bond motifs is 10. The zero-order valence-electron chi connectivity index (χ0n) is 25.4. The number of hydrogen-bond donors (Lipinski definition) is 0. The minimum Gasteiger partial charge on any atom is -0.0619 e. The SMILES string of the molecule is CC(C)c1ccc(-c2ccc3c(c2)C2(c4ccccc4-c4ccccc42)c2cc(-c4ccc(C(C)C)cc4)ccc2-3)cc1. The average molecular weight is 553 g/mol. The van der Waals surface area contributed by atoms with Crippen LogP contribution < -0.4 is 0 Å². The van der Waals surface area contributed by atoms with Crippen LogP contribution in [-0.4, -0.2) is 0 Å². The van der Waals surface area contributed by atoms with E-state index in [2.05, 4.69) is 161 Å². The molecule has 0 saturated heterocycles. The average Bonchev–Trinajstić information content (AvgIpc) is 3.51. The molecule has 2 aliphatic rings. The molecule has 0 fully saturated rings. The van der Waals surface area contributed by atoms with Crippen molar-refractivity contribution in [3.63, 3.8) is 0 Å². The van der Waals surface area contributed by atoms with Crippen molar-refractivity contribution in [2.45, 2.75) is 44.9 Å². The Hall–Kier alpha value is -4.68. The van der Waals surface area contributed by atoms with Gasteiger partial charge in [-0.2, -0.15) is 0 Å². The van der Waals surface area contributed by atoms with Crippen LogP contribution in [0.2, 0.25) is 0 Å². The van der Waals surface area contributed by atoms with E-state index in [1.807, 2.05) is 0 Å². The van der Waals surface area contributed by atoms with Gasteiger partial charge in [0.25, 0.3) is 0 Å². The second kappa shape index (κ2) is 9.68. The Morgan fingerprint density at radius 1 is 0.349 bits per heavy atom. The molecule has 2 aliphatic carbocycles. The highest BCUT2D eigenvalue weighted by Crippen LogP contribution is 2.63. The fourth-order valence-electron chi connectivity index (χ4n) is 7.62. The third-order valence-corrected chi connectivity index (χ3v) is 9.91. The van der Waals surface area contributed by atoms with E-state index in [4.69, 9.17) is 0 Å². The van der Waals surface area contributed by atoms with Crippen LogP contribution in [0.25, 0.3) is 44.5 Å². The summed E-state index contributed by atoms with van der Waals surface area (Å²) in [6.07, 6.45) is 0. The largest absolute Gasteiger partial charge is 0.0725 e. The first-order valence-corrected chi connectivity index (χ1v) is 15.7. The lowest BCUT2D eigenvalue weighted by Crippen LogP contribution is -2.26. The quantitative estimate of drug-likeness (QED) is 0.204. The Morgan fingerprint density at radius 2 is 0.698 bits per heavy atom. The summed E-state index contributed by atoms with van der Waals surface area (Å²) in [5, 5.41) is 0. The number of hydrogen-bond acceptors (Lipinski definition) is 0. The normalized spacial score (nSPS) is 13.7. The van der Waals surface area contributed by atoms with E-state index in [9.17, 15) is 0 Å². The second-order valence-electron chi connectivity index (χ2n) is 12.9. The van der Waals surface area contributed by atoms with E-state index < -0.39 is 0 Å². The van der Waals surface area contributed by atoms with Crippen LogP contribution in [0.4, 0.5) is 0 Å². The number of benzene rings is 6. The standard InChI is InChI=1S/C43H36/c1-27(2)29-13-17-31(18-14-29)33-21-23-37-38-24-22-34(32-19-15-30(16-20-32)28(3)4)26-42(38)43(41(37)25-33)39-11-7-5-9-35(39)36-10-6-8-12-40(36)43/h5-28H,1-4H3. The van der Waals surface area contributed by atoms with Gasteiger partial charge in [0.1, 0.15) is 0 Å². The van der Waals surface area contributed by atoms with Crippen molar-refractivity contribution < 1.29 is 0 Å². The second-order valence-corrected chi connectivity index (χ2v) is 12.9. The van der Waals surface area contributed by atoms with Gasteiger partial charge in [0.15, 0.2) is 0 Å². The van der Waals surface area contributed by atoms with E-state index in [1.165, 1.54) is 77.9 Å². The molecule has 6 aromatic carbocycles. The predicted octanol–water partition coefficient (Wildman–Crippen LogP) is 11.6. The fourth-order valence-corrected chi connectivity index (χ4v) is 7.62. The molecule has 0 aromatic heterocycles. The first kappa shape index (κ1) is 26.0. The zero-order chi connectivity index (χ0) is 29.3. The van der Waals surface area contributed by atoms with E-state index in [-0.39, 0.29) is 5.41 Å². The lowest BCUT2D eigenvalue weighted by Gasteiger charge is -2.31. The minimum absolute atomic E-state index is 0.361. The molecule has 0 unspecified atom stereocenters. The first-order chi connectivity index (χ1) is 21.0. The van der Waals surface area contributed by atoms with Crippen molar-refractivity contribution in [3.05, 3.63) is 167 Å². The van der Waals surface area contributed by atoms with Crippen molar-refractivity contribution in [2.75, 3.05) is 0 Å². The lowest BCUT2D eigenvalue weighted by atomic mass is 9.70. The molecule has 0 heteroatoms. The molecule has 0 aliphatic heterocycles. The molecule has 0 amide bonds. The summed E-state index contributed by atoms with van der Waals surface area (Å²) in [6, 6.07) is 50.8. The highest BCUT2D eigenvalue weighted by molar-refractivity contribution is 5.96. The summed E-state index contributed by atoms with van der Waals surface area (Å²) in [5.41, 5.74) is 18.4. The maximum atomic E-state index is 2.48. The first-order valence-electron chi connectivity index (χ1n) is 15.7. The summed E-state index contributed by atoms with van der Waals surface area (Å²) >= 11 is 0. The van der Waals surface area contributed by atoms with Crippen LogP contribution in [-0.2, 0) is 5.41 Å². The monoisotopic (exact) mass is 552 g/mol.